The van der Waals surface area contributed by atoms with Crippen molar-refractivity contribution in [2.24, 2.45) is 0 Å². The number of rotatable bonds is 6. The number of benzene rings is 1. The van der Waals surface area contributed by atoms with E-state index in [0.29, 0.717) is 12.1 Å². The van der Waals surface area contributed by atoms with Crippen LogP contribution < -0.4 is 5.32 Å². The molecule has 0 aliphatic rings. The minimum Gasteiger partial charge on any atom is -0.348 e. The van der Waals surface area contributed by atoms with Crippen molar-refractivity contribution in [2.75, 3.05) is 14.1 Å². The van der Waals surface area contributed by atoms with Crippen LogP contribution in [-0.4, -0.2) is 39.7 Å². The first-order valence-electron chi connectivity index (χ1n) is 9.21. The minimum atomic E-state index is -0.103. The van der Waals surface area contributed by atoms with Crippen LogP contribution in [0.4, 0.5) is 0 Å². The Morgan fingerprint density at radius 1 is 1.22 bits per heavy atom. The normalized spacial score (nSPS) is 11.5. The van der Waals surface area contributed by atoms with Crippen molar-refractivity contribution in [3.63, 3.8) is 0 Å². The lowest BCUT2D eigenvalue weighted by Gasteiger charge is -2.15. The standard InChI is InChI=1S/C21H27N5O/c1-14(2)26-20-19(12-23-26)18(10-15(3)24-20)21(27)22-11-16-8-6-7-9-17(16)13-25(4)5/h6-10,12,14H,11,13H2,1-5H3,(H,22,27). The van der Waals surface area contributed by atoms with Gasteiger partial charge in [-0.2, -0.15) is 5.10 Å². The third-order valence-corrected chi connectivity index (χ3v) is 4.47. The molecule has 0 aliphatic carbocycles. The lowest BCUT2D eigenvalue weighted by atomic mass is 10.1. The number of carbonyl (C=O) groups is 1. The zero-order chi connectivity index (χ0) is 19.6. The Bertz CT molecular complexity index is 958. The van der Waals surface area contributed by atoms with Crippen molar-refractivity contribution < 1.29 is 4.79 Å². The molecule has 0 radical (unpaired) electrons. The Hall–Kier alpha value is -2.73. The number of nitrogens with one attached hydrogen (secondary N) is 1. The van der Waals surface area contributed by atoms with E-state index >= 15 is 0 Å². The Kier molecular flexibility index (Phi) is 5.56. The highest BCUT2D eigenvalue weighted by molar-refractivity contribution is 6.05. The first-order chi connectivity index (χ1) is 12.9. The van der Waals surface area contributed by atoms with Gasteiger partial charge in [-0.1, -0.05) is 24.3 Å². The summed E-state index contributed by atoms with van der Waals surface area (Å²) in [4.78, 5) is 19.6. The van der Waals surface area contributed by atoms with Crippen molar-refractivity contribution >= 4 is 16.9 Å². The average Bonchev–Trinajstić information content (AvgIpc) is 3.03. The average molecular weight is 365 g/mol. The number of fused-ring (bicyclic) bond motifs is 1. The molecule has 27 heavy (non-hydrogen) atoms. The number of amides is 1. The second kappa shape index (κ2) is 7.88. The molecule has 6 nitrogen and oxygen atoms in total. The highest BCUT2D eigenvalue weighted by Crippen LogP contribution is 2.21. The number of hydrogen-bond acceptors (Lipinski definition) is 4. The first-order valence-corrected chi connectivity index (χ1v) is 9.21. The second-order valence-electron chi connectivity index (χ2n) is 7.42. The van der Waals surface area contributed by atoms with Crippen LogP contribution in [0.25, 0.3) is 11.0 Å². The van der Waals surface area contributed by atoms with Crippen molar-refractivity contribution in [2.45, 2.75) is 39.9 Å². The molecular weight excluding hydrogens is 338 g/mol. The number of pyridine rings is 1. The van der Waals surface area contributed by atoms with E-state index in [4.69, 9.17) is 0 Å². The smallest absolute Gasteiger partial charge is 0.252 e. The summed E-state index contributed by atoms with van der Waals surface area (Å²) in [7, 11) is 4.08. The van der Waals surface area contributed by atoms with Crippen LogP contribution in [0, 0.1) is 6.92 Å². The number of nitrogens with zero attached hydrogens (tertiary/aromatic N) is 4. The van der Waals surface area contributed by atoms with E-state index in [1.165, 1.54) is 5.56 Å². The van der Waals surface area contributed by atoms with Crippen molar-refractivity contribution in [1.29, 1.82) is 0 Å². The summed E-state index contributed by atoms with van der Waals surface area (Å²) in [6.07, 6.45) is 1.73. The predicted octanol–water partition coefficient (Wildman–Crippen LogP) is 3.31. The molecule has 0 fully saturated rings. The quantitative estimate of drug-likeness (QED) is 0.728. The Labute approximate surface area is 160 Å². The monoisotopic (exact) mass is 365 g/mol. The van der Waals surface area contributed by atoms with Crippen molar-refractivity contribution in [3.05, 3.63) is 58.9 Å². The van der Waals surface area contributed by atoms with Gasteiger partial charge in [0.05, 0.1) is 17.1 Å². The minimum absolute atomic E-state index is 0.103. The van der Waals surface area contributed by atoms with Crippen molar-refractivity contribution in [1.82, 2.24) is 25.0 Å². The van der Waals surface area contributed by atoms with Crippen LogP contribution in [0.1, 0.15) is 47.1 Å². The molecule has 1 amide bonds. The van der Waals surface area contributed by atoms with Gasteiger partial charge in [-0.25, -0.2) is 9.67 Å². The molecule has 0 atom stereocenters. The number of aromatic nitrogens is 3. The second-order valence-corrected chi connectivity index (χ2v) is 7.42. The van der Waals surface area contributed by atoms with Crippen LogP contribution >= 0.6 is 0 Å². The summed E-state index contributed by atoms with van der Waals surface area (Å²) < 4.78 is 1.85. The fourth-order valence-electron chi connectivity index (χ4n) is 3.20. The van der Waals surface area contributed by atoms with E-state index in [-0.39, 0.29) is 11.9 Å². The molecule has 0 bridgehead atoms. The zero-order valence-electron chi connectivity index (χ0n) is 16.7. The number of aryl methyl sites for hydroxylation is 1. The van der Waals surface area contributed by atoms with Crippen LogP contribution in [0.3, 0.4) is 0 Å². The van der Waals surface area contributed by atoms with Gasteiger partial charge in [-0.3, -0.25) is 4.79 Å². The van der Waals surface area contributed by atoms with E-state index in [9.17, 15) is 4.79 Å². The summed E-state index contributed by atoms with van der Waals surface area (Å²) in [5, 5.41) is 8.26. The van der Waals surface area contributed by atoms with Gasteiger partial charge < -0.3 is 10.2 Å². The van der Waals surface area contributed by atoms with E-state index in [0.717, 1.165) is 28.8 Å². The van der Waals surface area contributed by atoms with Gasteiger partial charge in [0.25, 0.3) is 5.91 Å². The third kappa shape index (κ3) is 4.17. The maximum atomic E-state index is 12.9. The lowest BCUT2D eigenvalue weighted by molar-refractivity contribution is 0.0952. The third-order valence-electron chi connectivity index (χ3n) is 4.47. The molecule has 2 heterocycles. The van der Waals surface area contributed by atoms with Crippen LogP contribution in [0.15, 0.2) is 36.5 Å². The molecule has 0 unspecified atom stereocenters. The predicted molar refractivity (Wildman–Crippen MR) is 108 cm³/mol. The zero-order valence-corrected chi connectivity index (χ0v) is 16.7. The topological polar surface area (TPSA) is 63.1 Å². The Balaban J connectivity index is 1.86. The molecule has 0 saturated heterocycles. The molecule has 3 aromatic rings. The summed E-state index contributed by atoms with van der Waals surface area (Å²) in [6, 6.07) is 10.2. The van der Waals surface area contributed by atoms with Crippen LogP contribution in [0.5, 0.6) is 0 Å². The van der Waals surface area contributed by atoms with Crippen molar-refractivity contribution in [3.8, 4) is 0 Å². The highest BCUT2D eigenvalue weighted by atomic mass is 16.1. The molecule has 142 valence electrons. The van der Waals surface area contributed by atoms with Gasteiger partial charge in [-0.15, -0.1) is 0 Å². The fraction of sp³-hybridized carbons (Fsp3) is 0.381. The Morgan fingerprint density at radius 2 is 1.93 bits per heavy atom. The maximum absolute atomic E-state index is 12.9. The summed E-state index contributed by atoms with van der Waals surface area (Å²) >= 11 is 0. The fourth-order valence-corrected chi connectivity index (χ4v) is 3.20. The highest BCUT2D eigenvalue weighted by Gasteiger charge is 2.17. The van der Waals surface area contributed by atoms with E-state index in [1.807, 2.05) is 43.9 Å². The van der Waals surface area contributed by atoms with Gasteiger partial charge in [0.15, 0.2) is 5.65 Å². The number of carbonyl (C=O) groups excluding carboxylic acids is 1. The van der Waals surface area contributed by atoms with Gasteiger partial charge in [0.2, 0.25) is 0 Å². The van der Waals surface area contributed by atoms with Crippen LogP contribution in [0.2, 0.25) is 0 Å². The van der Waals surface area contributed by atoms with Gasteiger partial charge >= 0.3 is 0 Å². The van der Waals surface area contributed by atoms with Gasteiger partial charge in [0, 0.05) is 24.8 Å². The SMILES string of the molecule is Cc1cc(C(=O)NCc2ccccc2CN(C)C)c2cnn(C(C)C)c2n1. The van der Waals surface area contributed by atoms with Crippen LogP contribution in [-0.2, 0) is 13.1 Å². The molecule has 2 aromatic heterocycles. The molecule has 6 heteroatoms. The van der Waals surface area contributed by atoms with Gasteiger partial charge in [0.1, 0.15) is 0 Å². The molecule has 1 N–H and O–H groups in total. The largest absolute Gasteiger partial charge is 0.348 e. The van der Waals surface area contributed by atoms with Gasteiger partial charge in [-0.05, 0) is 52.1 Å². The molecule has 3 rings (SSSR count). The first kappa shape index (κ1) is 19.0. The summed E-state index contributed by atoms with van der Waals surface area (Å²) in [5.41, 5.74) is 4.52. The Morgan fingerprint density at radius 3 is 2.59 bits per heavy atom. The molecule has 0 spiro atoms. The van der Waals surface area contributed by atoms with E-state index < -0.39 is 0 Å². The lowest BCUT2D eigenvalue weighted by Crippen LogP contribution is -2.24. The molecule has 0 saturated carbocycles. The van der Waals surface area contributed by atoms with E-state index in [2.05, 4.69) is 46.3 Å². The maximum Gasteiger partial charge on any atom is 0.252 e. The number of hydrogen-bond donors (Lipinski definition) is 1. The summed E-state index contributed by atoms with van der Waals surface area (Å²) in [5.74, 6) is -0.103. The summed E-state index contributed by atoms with van der Waals surface area (Å²) in [6.45, 7) is 7.34. The molecule has 0 aliphatic heterocycles. The molecular formula is C21H27N5O. The van der Waals surface area contributed by atoms with E-state index in [1.54, 1.807) is 6.20 Å². The molecule has 1 aromatic carbocycles.